The second kappa shape index (κ2) is 8.76. The normalized spacial score (nSPS) is 21.0. The predicted molar refractivity (Wildman–Crippen MR) is 112 cm³/mol. The summed E-state index contributed by atoms with van der Waals surface area (Å²) >= 11 is 0. The molecule has 2 fully saturated rings. The molecule has 0 radical (unpaired) electrons. The molecule has 152 valence electrons. The van der Waals surface area contributed by atoms with Crippen molar-refractivity contribution >= 4 is 17.5 Å². The van der Waals surface area contributed by atoms with Crippen molar-refractivity contribution in [2.45, 2.75) is 25.9 Å². The molecule has 2 aromatic carbocycles. The number of amides is 2. The Bertz CT molecular complexity index is 845. The zero-order valence-corrected chi connectivity index (χ0v) is 16.8. The van der Waals surface area contributed by atoms with Crippen LogP contribution in [0.15, 0.2) is 54.6 Å². The Balaban J connectivity index is 1.36. The molecule has 29 heavy (non-hydrogen) atoms. The van der Waals surface area contributed by atoms with Crippen molar-refractivity contribution in [3.8, 4) is 5.75 Å². The van der Waals surface area contributed by atoms with E-state index >= 15 is 0 Å². The van der Waals surface area contributed by atoms with Gasteiger partial charge in [-0.05, 0) is 36.8 Å². The first kappa shape index (κ1) is 19.6. The molecule has 6 heteroatoms. The van der Waals surface area contributed by atoms with Gasteiger partial charge in [0.1, 0.15) is 5.75 Å². The maximum Gasteiger partial charge on any atom is 0.251 e. The van der Waals surface area contributed by atoms with Gasteiger partial charge in [-0.3, -0.25) is 19.4 Å². The highest BCUT2D eigenvalue weighted by molar-refractivity contribution is 6.22. The Morgan fingerprint density at radius 3 is 2.28 bits per heavy atom. The SMILES string of the molecule is CCOc1ccc(N2C(=O)C[C@@H](N3CCN(Cc4ccccc4)CC3)C2=O)cc1. The lowest BCUT2D eigenvalue weighted by molar-refractivity contribution is -0.123. The summed E-state index contributed by atoms with van der Waals surface area (Å²) in [6.07, 6.45) is 0.255. The number of hydrogen-bond acceptors (Lipinski definition) is 5. The fourth-order valence-electron chi connectivity index (χ4n) is 4.11. The maximum atomic E-state index is 13.0. The average molecular weight is 393 g/mol. The summed E-state index contributed by atoms with van der Waals surface area (Å²) in [6.45, 7) is 6.82. The van der Waals surface area contributed by atoms with E-state index in [4.69, 9.17) is 4.74 Å². The van der Waals surface area contributed by atoms with E-state index in [-0.39, 0.29) is 24.3 Å². The molecule has 2 aliphatic heterocycles. The molecule has 2 saturated heterocycles. The minimum Gasteiger partial charge on any atom is -0.494 e. The van der Waals surface area contributed by atoms with Crippen LogP contribution in [-0.2, 0) is 16.1 Å². The summed E-state index contributed by atoms with van der Waals surface area (Å²) in [5, 5.41) is 0. The number of hydrogen-bond donors (Lipinski definition) is 0. The molecular formula is C23H27N3O3. The van der Waals surface area contributed by atoms with Gasteiger partial charge in [-0.25, -0.2) is 4.90 Å². The van der Waals surface area contributed by atoms with E-state index in [0.717, 1.165) is 38.5 Å². The summed E-state index contributed by atoms with van der Waals surface area (Å²) in [5.74, 6) is 0.493. The van der Waals surface area contributed by atoms with Crippen LogP contribution in [0.2, 0.25) is 0 Å². The highest BCUT2D eigenvalue weighted by atomic mass is 16.5. The third-order valence-corrected chi connectivity index (χ3v) is 5.63. The van der Waals surface area contributed by atoms with Gasteiger partial charge < -0.3 is 4.74 Å². The quantitative estimate of drug-likeness (QED) is 0.706. The van der Waals surface area contributed by atoms with Crippen molar-refractivity contribution in [3.63, 3.8) is 0 Å². The van der Waals surface area contributed by atoms with Crippen LogP contribution in [0, 0.1) is 0 Å². The highest BCUT2D eigenvalue weighted by Crippen LogP contribution is 2.28. The van der Waals surface area contributed by atoms with Crippen LogP contribution < -0.4 is 9.64 Å². The molecule has 1 atom stereocenters. The molecule has 4 rings (SSSR count). The molecule has 0 unspecified atom stereocenters. The number of carbonyl (C=O) groups excluding carboxylic acids is 2. The Morgan fingerprint density at radius 2 is 1.62 bits per heavy atom. The highest BCUT2D eigenvalue weighted by Gasteiger charge is 2.43. The molecule has 2 amide bonds. The number of rotatable bonds is 6. The fourth-order valence-corrected chi connectivity index (χ4v) is 4.11. The lowest BCUT2D eigenvalue weighted by Crippen LogP contribution is -2.52. The van der Waals surface area contributed by atoms with Gasteiger partial charge in [0.15, 0.2) is 0 Å². The molecule has 6 nitrogen and oxygen atoms in total. The third kappa shape index (κ3) is 4.33. The first-order valence-electron chi connectivity index (χ1n) is 10.3. The minimum atomic E-state index is -0.354. The van der Waals surface area contributed by atoms with Crippen LogP contribution in [0.4, 0.5) is 5.69 Å². The summed E-state index contributed by atoms with van der Waals surface area (Å²) in [6, 6.07) is 17.2. The molecular weight excluding hydrogens is 366 g/mol. The van der Waals surface area contributed by atoms with Crippen molar-refractivity contribution in [2.24, 2.45) is 0 Å². The zero-order chi connectivity index (χ0) is 20.2. The molecule has 2 aliphatic rings. The van der Waals surface area contributed by atoms with E-state index in [1.165, 1.54) is 10.5 Å². The van der Waals surface area contributed by atoms with Crippen molar-refractivity contribution in [2.75, 3.05) is 37.7 Å². The molecule has 0 saturated carbocycles. The van der Waals surface area contributed by atoms with Crippen molar-refractivity contribution in [1.82, 2.24) is 9.80 Å². The standard InChI is InChI=1S/C23H27N3O3/c1-2-29-20-10-8-19(9-11-20)26-22(27)16-21(23(26)28)25-14-12-24(13-15-25)17-18-6-4-3-5-7-18/h3-11,21H,2,12-17H2,1H3/t21-/m1/s1. The number of carbonyl (C=O) groups is 2. The van der Waals surface area contributed by atoms with Crippen molar-refractivity contribution < 1.29 is 14.3 Å². The minimum absolute atomic E-state index is 0.115. The first-order chi connectivity index (χ1) is 14.2. The van der Waals surface area contributed by atoms with Crippen LogP contribution in [0.3, 0.4) is 0 Å². The van der Waals surface area contributed by atoms with Crippen LogP contribution in [-0.4, -0.2) is 60.4 Å². The lowest BCUT2D eigenvalue weighted by Gasteiger charge is -2.37. The maximum absolute atomic E-state index is 13.0. The van der Waals surface area contributed by atoms with Gasteiger partial charge in [-0.2, -0.15) is 0 Å². The summed E-state index contributed by atoms with van der Waals surface area (Å²) in [4.78, 5) is 31.5. The largest absolute Gasteiger partial charge is 0.494 e. The number of imide groups is 1. The van der Waals surface area contributed by atoms with Gasteiger partial charge in [0.25, 0.3) is 5.91 Å². The smallest absolute Gasteiger partial charge is 0.251 e. The molecule has 0 spiro atoms. The predicted octanol–water partition coefficient (Wildman–Crippen LogP) is 2.54. The lowest BCUT2D eigenvalue weighted by atomic mass is 10.1. The third-order valence-electron chi connectivity index (χ3n) is 5.63. The second-order valence-electron chi connectivity index (χ2n) is 7.51. The Kier molecular flexibility index (Phi) is 5.92. The van der Waals surface area contributed by atoms with E-state index in [1.807, 2.05) is 13.0 Å². The number of benzene rings is 2. The van der Waals surface area contributed by atoms with Crippen LogP contribution in [0.25, 0.3) is 0 Å². The van der Waals surface area contributed by atoms with E-state index in [0.29, 0.717) is 12.3 Å². The Hall–Kier alpha value is -2.70. The zero-order valence-electron chi connectivity index (χ0n) is 16.8. The van der Waals surface area contributed by atoms with Gasteiger partial charge >= 0.3 is 0 Å². The van der Waals surface area contributed by atoms with E-state index in [2.05, 4.69) is 34.1 Å². The van der Waals surface area contributed by atoms with Gasteiger partial charge in [0.05, 0.1) is 24.8 Å². The van der Waals surface area contributed by atoms with Gasteiger partial charge in [0.2, 0.25) is 5.91 Å². The van der Waals surface area contributed by atoms with Crippen LogP contribution >= 0.6 is 0 Å². The molecule has 2 heterocycles. The van der Waals surface area contributed by atoms with E-state index in [9.17, 15) is 9.59 Å². The molecule has 0 N–H and O–H groups in total. The second-order valence-corrected chi connectivity index (χ2v) is 7.51. The molecule has 0 bridgehead atoms. The summed E-state index contributed by atoms with van der Waals surface area (Å²) < 4.78 is 5.44. The fraction of sp³-hybridized carbons (Fsp3) is 0.391. The summed E-state index contributed by atoms with van der Waals surface area (Å²) in [5.41, 5.74) is 1.92. The molecule has 0 aliphatic carbocycles. The Morgan fingerprint density at radius 1 is 0.931 bits per heavy atom. The number of ether oxygens (including phenoxy) is 1. The average Bonchev–Trinajstić information content (AvgIpc) is 3.04. The van der Waals surface area contributed by atoms with Crippen molar-refractivity contribution in [1.29, 1.82) is 0 Å². The van der Waals surface area contributed by atoms with Gasteiger partial charge in [0, 0.05) is 32.7 Å². The number of nitrogens with zero attached hydrogens (tertiary/aromatic N) is 3. The van der Waals surface area contributed by atoms with Crippen LogP contribution in [0.1, 0.15) is 18.9 Å². The summed E-state index contributed by atoms with van der Waals surface area (Å²) in [7, 11) is 0. The topological polar surface area (TPSA) is 53.1 Å². The van der Waals surface area contributed by atoms with E-state index in [1.54, 1.807) is 24.3 Å². The van der Waals surface area contributed by atoms with Crippen molar-refractivity contribution in [3.05, 3.63) is 60.2 Å². The monoisotopic (exact) mass is 393 g/mol. The number of anilines is 1. The Labute approximate surface area is 171 Å². The van der Waals surface area contributed by atoms with E-state index < -0.39 is 0 Å². The molecule has 2 aromatic rings. The number of piperazine rings is 1. The van der Waals surface area contributed by atoms with Gasteiger partial charge in [-0.15, -0.1) is 0 Å². The first-order valence-corrected chi connectivity index (χ1v) is 10.3. The van der Waals surface area contributed by atoms with Gasteiger partial charge in [-0.1, -0.05) is 30.3 Å². The molecule has 0 aromatic heterocycles. The van der Waals surface area contributed by atoms with Crippen LogP contribution in [0.5, 0.6) is 5.75 Å².